The molecule has 1 aromatic carbocycles. The van der Waals surface area contributed by atoms with Gasteiger partial charge in [0.1, 0.15) is 0 Å². The van der Waals surface area contributed by atoms with E-state index in [0.717, 1.165) is 17.7 Å². The number of nitrogens with zero attached hydrogens (tertiary/aromatic N) is 1. The predicted octanol–water partition coefficient (Wildman–Crippen LogP) is 4.56. The fourth-order valence-corrected chi connectivity index (χ4v) is 1.98. The van der Waals surface area contributed by atoms with E-state index in [0.29, 0.717) is 0 Å². The van der Waals surface area contributed by atoms with Gasteiger partial charge in [-0.05, 0) is 24.5 Å². The first-order chi connectivity index (χ1) is 8.38. The predicted molar refractivity (Wildman–Crippen MR) is 71.3 cm³/mol. The van der Waals surface area contributed by atoms with Gasteiger partial charge in [0.25, 0.3) is 0 Å². The number of hydrogen-bond donors (Lipinski definition) is 0. The van der Waals surface area contributed by atoms with E-state index in [1.165, 1.54) is 38.5 Å². The minimum Gasteiger partial charge on any atom is -0.211 e. The molecule has 0 aliphatic rings. The van der Waals surface area contributed by atoms with Crippen molar-refractivity contribution in [2.45, 2.75) is 51.9 Å². The quantitative estimate of drug-likeness (QED) is 0.366. The zero-order valence-electron chi connectivity index (χ0n) is 10.6. The SMILES string of the molecule is CCCCCCCCc1ccccc1N=C=O. The topological polar surface area (TPSA) is 29.4 Å². The molecule has 0 saturated heterocycles. The molecule has 0 bridgehead atoms. The van der Waals surface area contributed by atoms with E-state index in [4.69, 9.17) is 0 Å². The molecule has 0 saturated carbocycles. The number of carbonyl (C=O) groups excluding carboxylic acids is 1. The van der Waals surface area contributed by atoms with Crippen LogP contribution in [0.25, 0.3) is 0 Å². The third-order valence-electron chi connectivity index (χ3n) is 2.96. The average Bonchev–Trinajstić information content (AvgIpc) is 2.36. The van der Waals surface area contributed by atoms with E-state index in [1.807, 2.05) is 24.3 Å². The number of unbranched alkanes of at least 4 members (excludes halogenated alkanes) is 5. The maximum absolute atomic E-state index is 10.3. The first kappa shape index (κ1) is 13.7. The molecule has 0 aromatic heterocycles. The normalized spacial score (nSPS) is 9.94. The lowest BCUT2D eigenvalue weighted by Gasteiger charge is -2.04. The van der Waals surface area contributed by atoms with Crippen LogP contribution in [0.15, 0.2) is 29.3 Å². The Morgan fingerprint density at radius 3 is 2.53 bits per heavy atom. The van der Waals surface area contributed by atoms with Gasteiger partial charge in [0, 0.05) is 0 Å². The maximum atomic E-state index is 10.3. The molecule has 0 unspecified atom stereocenters. The molecular weight excluding hydrogens is 210 g/mol. The molecule has 0 amide bonds. The standard InChI is InChI=1S/C15H21NO/c1-2-3-4-5-6-7-10-14-11-8-9-12-15(14)16-13-17/h8-9,11-12H,2-7,10H2,1H3. The second kappa shape index (κ2) is 8.72. The number of para-hydroxylation sites is 1. The number of isocyanates is 1. The van der Waals surface area contributed by atoms with Gasteiger partial charge in [-0.3, -0.25) is 0 Å². The van der Waals surface area contributed by atoms with E-state index in [1.54, 1.807) is 6.08 Å². The van der Waals surface area contributed by atoms with Crippen molar-refractivity contribution in [2.75, 3.05) is 0 Å². The summed E-state index contributed by atoms with van der Waals surface area (Å²) < 4.78 is 0. The van der Waals surface area contributed by atoms with Gasteiger partial charge in [-0.2, -0.15) is 4.99 Å². The summed E-state index contributed by atoms with van der Waals surface area (Å²) in [5, 5.41) is 0. The second-order valence-electron chi connectivity index (χ2n) is 4.35. The summed E-state index contributed by atoms with van der Waals surface area (Å²) in [7, 11) is 0. The lowest BCUT2D eigenvalue weighted by Crippen LogP contribution is -1.87. The van der Waals surface area contributed by atoms with Gasteiger partial charge in [-0.1, -0.05) is 57.2 Å². The molecule has 1 aromatic rings. The molecule has 2 heteroatoms. The molecule has 92 valence electrons. The Balaban J connectivity index is 2.33. The first-order valence-electron chi connectivity index (χ1n) is 6.54. The highest BCUT2D eigenvalue weighted by molar-refractivity contribution is 5.53. The zero-order valence-corrected chi connectivity index (χ0v) is 10.6. The van der Waals surface area contributed by atoms with Gasteiger partial charge in [-0.15, -0.1) is 0 Å². The third-order valence-corrected chi connectivity index (χ3v) is 2.96. The Morgan fingerprint density at radius 1 is 1.06 bits per heavy atom. The van der Waals surface area contributed by atoms with Crippen molar-refractivity contribution in [3.05, 3.63) is 29.8 Å². The highest BCUT2D eigenvalue weighted by Gasteiger charge is 2.00. The van der Waals surface area contributed by atoms with E-state index >= 15 is 0 Å². The number of benzene rings is 1. The summed E-state index contributed by atoms with van der Waals surface area (Å²) in [5.74, 6) is 0. The third kappa shape index (κ3) is 5.46. The Labute approximate surface area is 104 Å². The Kier molecular flexibility index (Phi) is 7.01. The zero-order chi connectivity index (χ0) is 12.3. The van der Waals surface area contributed by atoms with E-state index in [2.05, 4.69) is 11.9 Å². The summed E-state index contributed by atoms with van der Waals surface area (Å²) in [6, 6.07) is 7.82. The van der Waals surface area contributed by atoms with Gasteiger partial charge in [0.2, 0.25) is 6.08 Å². The van der Waals surface area contributed by atoms with Crippen molar-refractivity contribution < 1.29 is 4.79 Å². The van der Waals surface area contributed by atoms with Crippen LogP contribution in [0.4, 0.5) is 5.69 Å². The van der Waals surface area contributed by atoms with Crippen LogP contribution in [-0.4, -0.2) is 6.08 Å². The van der Waals surface area contributed by atoms with Crippen molar-refractivity contribution in [1.29, 1.82) is 0 Å². The number of aryl methyl sites for hydroxylation is 1. The molecule has 1 rings (SSSR count). The first-order valence-corrected chi connectivity index (χ1v) is 6.54. The van der Waals surface area contributed by atoms with Crippen molar-refractivity contribution in [3.63, 3.8) is 0 Å². The Morgan fingerprint density at radius 2 is 1.76 bits per heavy atom. The second-order valence-corrected chi connectivity index (χ2v) is 4.35. The molecule has 0 heterocycles. The summed E-state index contributed by atoms with van der Waals surface area (Å²) in [4.78, 5) is 14.0. The molecule has 0 aliphatic heterocycles. The Bertz CT molecular complexity index is 367. The fourth-order valence-electron chi connectivity index (χ4n) is 1.98. The van der Waals surface area contributed by atoms with Crippen LogP contribution in [-0.2, 0) is 11.2 Å². The van der Waals surface area contributed by atoms with Gasteiger partial charge < -0.3 is 0 Å². The van der Waals surface area contributed by atoms with Crippen molar-refractivity contribution in [3.8, 4) is 0 Å². The molecule has 17 heavy (non-hydrogen) atoms. The maximum Gasteiger partial charge on any atom is 0.240 e. The van der Waals surface area contributed by atoms with Crippen molar-refractivity contribution >= 4 is 11.8 Å². The fraction of sp³-hybridized carbons (Fsp3) is 0.533. The van der Waals surface area contributed by atoms with E-state index < -0.39 is 0 Å². The number of aliphatic imine (C=N–C) groups is 1. The highest BCUT2D eigenvalue weighted by Crippen LogP contribution is 2.20. The molecule has 0 radical (unpaired) electrons. The van der Waals surface area contributed by atoms with Gasteiger partial charge in [0.05, 0.1) is 5.69 Å². The molecular formula is C15H21NO. The van der Waals surface area contributed by atoms with E-state index in [9.17, 15) is 4.79 Å². The van der Waals surface area contributed by atoms with Crippen molar-refractivity contribution in [1.82, 2.24) is 0 Å². The lowest BCUT2D eigenvalue weighted by atomic mass is 10.0. The van der Waals surface area contributed by atoms with E-state index in [-0.39, 0.29) is 0 Å². The van der Waals surface area contributed by atoms with Crippen LogP contribution < -0.4 is 0 Å². The van der Waals surface area contributed by atoms with Crippen LogP contribution in [0.2, 0.25) is 0 Å². The largest absolute Gasteiger partial charge is 0.240 e. The number of rotatable bonds is 8. The lowest BCUT2D eigenvalue weighted by molar-refractivity contribution is 0.565. The van der Waals surface area contributed by atoms with Gasteiger partial charge in [0.15, 0.2) is 0 Å². The van der Waals surface area contributed by atoms with Crippen LogP contribution in [0.5, 0.6) is 0 Å². The summed E-state index contributed by atoms with van der Waals surface area (Å²) in [5.41, 5.74) is 1.93. The van der Waals surface area contributed by atoms with Crippen LogP contribution in [0.3, 0.4) is 0 Å². The summed E-state index contributed by atoms with van der Waals surface area (Å²) >= 11 is 0. The van der Waals surface area contributed by atoms with Crippen LogP contribution in [0, 0.1) is 0 Å². The summed E-state index contributed by atoms with van der Waals surface area (Å²) in [6.45, 7) is 2.23. The summed E-state index contributed by atoms with van der Waals surface area (Å²) in [6.07, 6.45) is 10.3. The average molecular weight is 231 g/mol. The Hall–Kier alpha value is -1.40. The van der Waals surface area contributed by atoms with Crippen LogP contribution in [0.1, 0.15) is 51.0 Å². The monoisotopic (exact) mass is 231 g/mol. The van der Waals surface area contributed by atoms with Gasteiger partial charge >= 0.3 is 0 Å². The minimum atomic E-state index is 0.774. The number of hydrogen-bond acceptors (Lipinski definition) is 2. The van der Waals surface area contributed by atoms with Crippen molar-refractivity contribution in [2.24, 2.45) is 4.99 Å². The minimum absolute atomic E-state index is 0.774. The molecule has 0 fully saturated rings. The molecule has 2 nitrogen and oxygen atoms in total. The highest BCUT2D eigenvalue weighted by atomic mass is 16.1. The molecule has 0 atom stereocenters. The van der Waals surface area contributed by atoms with Gasteiger partial charge in [-0.25, -0.2) is 4.79 Å². The molecule has 0 aliphatic carbocycles. The smallest absolute Gasteiger partial charge is 0.211 e. The van der Waals surface area contributed by atoms with Crippen LogP contribution >= 0.6 is 0 Å². The molecule has 0 spiro atoms. The molecule has 0 N–H and O–H groups in total.